The van der Waals surface area contributed by atoms with Gasteiger partial charge in [-0.05, 0) is 23.6 Å². The molecule has 2 aliphatic rings. The standard InChI is InChI=1S/C24H18ClF3N4O3/c1-34-24-30-21-17-22(35-9-11-8-29-4-5-32(11)23(17)31-24)18(25)16(20(21)28)13-7-12(33)6-10-2-3-14(26)19(27)15(10)13/h2-3,6-7,11,29,33H,4-5,8-9H2,1H3/t11-/m0/s1. The van der Waals surface area contributed by atoms with Gasteiger partial charge in [0, 0.05) is 36.1 Å². The van der Waals surface area contributed by atoms with Gasteiger partial charge in [0.25, 0.3) is 0 Å². The van der Waals surface area contributed by atoms with Gasteiger partial charge in [-0.1, -0.05) is 17.7 Å². The highest BCUT2D eigenvalue weighted by molar-refractivity contribution is 6.37. The predicted octanol–water partition coefficient (Wildman–Crippen LogP) is 4.41. The van der Waals surface area contributed by atoms with Crippen LogP contribution in [-0.2, 0) is 0 Å². The molecule has 1 fully saturated rings. The second kappa shape index (κ2) is 8.03. The summed E-state index contributed by atoms with van der Waals surface area (Å²) in [5, 5.41) is 13.6. The van der Waals surface area contributed by atoms with Crippen molar-refractivity contribution in [3.8, 4) is 28.6 Å². The number of fused-ring (bicyclic) bond motifs is 3. The van der Waals surface area contributed by atoms with Gasteiger partial charge in [0.1, 0.15) is 23.7 Å². The first-order valence-electron chi connectivity index (χ1n) is 10.9. The summed E-state index contributed by atoms with van der Waals surface area (Å²) in [6.45, 7) is 2.10. The Hall–Kier alpha value is -3.50. The number of ether oxygens (including phenoxy) is 2. The van der Waals surface area contributed by atoms with E-state index < -0.39 is 17.5 Å². The highest BCUT2D eigenvalue weighted by Crippen LogP contribution is 2.50. The smallest absolute Gasteiger partial charge is 0.318 e. The lowest BCUT2D eigenvalue weighted by Crippen LogP contribution is -2.53. The Labute approximate surface area is 202 Å². The normalized spacial score (nSPS) is 17.3. The Morgan fingerprint density at radius 3 is 2.80 bits per heavy atom. The molecule has 3 aromatic carbocycles. The Morgan fingerprint density at radius 1 is 1.17 bits per heavy atom. The van der Waals surface area contributed by atoms with Crippen LogP contribution in [0.5, 0.6) is 17.5 Å². The molecule has 0 bridgehead atoms. The number of nitrogens with one attached hydrogen (secondary N) is 1. The zero-order chi connectivity index (χ0) is 24.4. The Kier molecular flexibility index (Phi) is 5.05. The third kappa shape index (κ3) is 3.24. The molecule has 1 aromatic heterocycles. The second-order valence-corrected chi connectivity index (χ2v) is 8.78. The molecule has 0 radical (unpaired) electrons. The zero-order valence-electron chi connectivity index (χ0n) is 18.3. The third-order valence-corrected chi connectivity index (χ3v) is 6.79. The van der Waals surface area contributed by atoms with Crippen molar-refractivity contribution >= 4 is 39.1 Å². The van der Waals surface area contributed by atoms with E-state index >= 15 is 4.39 Å². The van der Waals surface area contributed by atoms with E-state index in [1.165, 1.54) is 19.2 Å². The molecule has 0 spiro atoms. The number of rotatable bonds is 2. The van der Waals surface area contributed by atoms with Gasteiger partial charge in [-0.3, -0.25) is 0 Å². The maximum atomic E-state index is 16.3. The fourth-order valence-corrected chi connectivity index (χ4v) is 5.19. The van der Waals surface area contributed by atoms with E-state index in [0.29, 0.717) is 25.5 Å². The minimum absolute atomic E-state index is 0.0669. The number of aromatic nitrogens is 2. The molecule has 180 valence electrons. The van der Waals surface area contributed by atoms with Crippen LogP contribution in [0.2, 0.25) is 5.02 Å². The van der Waals surface area contributed by atoms with Gasteiger partial charge in [0.15, 0.2) is 23.2 Å². The highest BCUT2D eigenvalue weighted by Gasteiger charge is 2.35. The summed E-state index contributed by atoms with van der Waals surface area (Å²) in [7, 11) is 1.37. The van der Waals surface area contributed by atoms with E-state index in [0.717, 1.165) is 12.1 Å². The maximum absolute atomic E-state index is 16.3. The van der Waals surface area contributed by atoms with Crippen molar-refractivity contribution in [2.24, 2.45) is 0 Å². The average Bonchev–Trinajstić information content (AvgIpc) is 3.02. The lowest BCUT2D eigenvalue weighted by molar-refractivity contribution is 0.274. The van der Waals surface area contributed by atoms with Crippen molar-refractivity contribution in [3.05, 3.63) is 46.7 Å². The van der Waals surface area contributed by atoms with Crippen LogP contribution in [0.3, 0.4) is 0 Å². The second-order valence-electron chi connectivity index (χ2n) is 8.40. The molecule has 0 unspecified atom stereocenters. The van der Waals surface area contributed by atoms with Gasteiger partial charge in [-0.2, -0.15) is 9.97 Å². The van der Waals surface area contributed by atoms with Crippen LogP contribution in [-0.4, -0.2) is 54.5 Å². The van der Waals surface area contributed by atoms with Crippen LogP contribution < -0.4 is 19.7 Å². The summed E-state index contributed by atoms with van der Waals surface area (Å²) in [5.74, 6) is -2.95. The van der Waals surface area contributed by atoms with Gasteiger partial charge in [0.05, 0.1) is 23.6 Å². The summed E-state index contributed by atoms with van der Waals surface area (Å²) >= 11 is 6.74. The van der Waals surface area contributed by atoms with E-state index in [1.807, 2.05) is 4.90 Å². The van der Waals surface area contributed by atoms with Gasteiger partial charge in [-0.25, -0.2) is 13.2 Å². The molecule has 2 aliphatic heterocycles. The lowest BCUT2D eigenvalue weighted by atomic mass is 9.95. The Morgan fingerprint density at radius 2 is 2.00 bits per heavy atom. The van der Waals surface area contributed by atoms with Crippen LogP contribution in [0.15, 0.2) is 24.3 Å². The van der Waals surface area contributed by atoms with Crippen LogP contribution in [0.1, 0.15) is 0 Å². The van der Waals surface area contributed by atoms with Gasteiger partial charge < -0.3 is 24.8 Å². The number of methoxy groups -OCH3 is 1. The molecule has 7 nitrogen and oxygen atoms in total. The van der Waals surface area contributed by atoms with Crippen molar-refractivity contribution < 1.29 is 27.8 Å². The maximum Gasteiger partial charge on any atom is 0.318 e. The van der Waals surface area contributed by atoms with Gasteiger partial charge in [-0.15, -0.1) is 0 Å². The number of nitrogens with zero attached hydrogens (tertiary/aromatic N) is 3. The van der Waals surface area contributed by atoms with Gasteiger partial charge in [0.2, 0.25) is 0 Å². The number of hydrogen-bond donors (Lipinski definition) is 2. The summed E-state index contributed by atoms with van der Waals surface area (Å²) in [6.07, 6.45) is 0. The monoisotopic (exact) mass is 502 g/mol. The molecule has 0 amide bonds. The van der Waals surface area contributed by atoms with E-state index in [-0.39, 0.29) is 68.0 Å². The Bertz CT molecular complexity index is 1530. The summed E-state index contributed by atoms with van der Waals surface area (Å²) in [6, 6.07) is 4.44. The van der Waals surface area contributed by atoms with E-state index in [4.69, 9.17) is 21.1 Å². The molecule has 6 rings (SSSR count). The molecule has 0 aliphatic carbocycles. The SMILES string of the molecule is COc1nc2c3c(c(Cl)c(-c4cc(O)cc5ccc(F)c(F)c45)c(F)c3n1)OC[C@@H]1CNCCN21. The van der Waals surface area contributed by atoms with Crippen LogP contribution >= 0.6 is 11.6 Å². The molecule has 1 atom stereocenters. The first kappa shape index (κ1) is 22.0. The number of hydrogen-bond acceptors (Lipinski definition) is 7. The fourth-order valence-electron chi connectivity index (χ4n) is 4.85. The molecule has 11 heteroatoms. The number of anilines is 1. The number of phenolic OH excluding ortho intramolecular Hbond substituents is 1. The van der Waals surface area contributed by atoms with E-state index in [9.17, 15) is 13.9 Å². The molecule has 0 saturated carbocycles. The minimum Gasteiger partial charge on any atom is -0.508 e. The Balaban J connectivity index is 1.74. The molecule has 1 saturated heterocycles. The topological polar surface area (TPSA) is 79.7 Å². The zero-order valence-corrected chi connectivity index (χ0v) is 19.1. The molecular formula is C24H18ClF3N4O3. The summed E-state index contributed by atoms with van der Waals surface area (Å²) in [4.78, 5) is 10.7. The van der Waals surface area contributed by atoms with Crippen molar-refractivity contribution in [1.29, 1.82) is 0 Å². The number of halogens is 4. The average molecular weight is 503 g/mol. The summed E-state index contributed by atoms with van der Waals surface area (Å²) < 4.78 is 56.8. The molecule has 2 N–H and O–H groups in total. The van der Waals surface area contributed by atoms with Crippen molar-refractivity contribution in [2.45, 2.75) is 6.04 Å². The van der Waals surface area contributed by atoms with Crippen LogP contribution in [0.25, 0.3) is 32.8 Å². The number of piperazine rings is 1. The van der Waals surface area contributed by atoms with Crippen LogP contribution in [0.4, 0.5) is 19.0 Å². The molecule has 35 heavy (non-hydrogen) atoms. The van der Waals surface area contributed by atoms with E-state index in [2.05, 4.69) is 15.3 Å². The van der Waals surface area contributed by atoms with Gasteiger partial charge >= 0.3 is 6.01 Å². The van der Waals surface area contributed by atoms with Crippen molar-refractivity contribution in [2.75, 3.05) is 38.3 Å². The predicted molar refractivity (Wildman–Crippen MR) is 125 cm³/mol. The van der Waals surface area contributed by atoms with Crippen molar-refractivity contribution in [1.82, 2.24) is 15.3 Å². The quantitative estimate of drug-likeness (QED) is 0.420. The number of benzene rings is 3. The number of aromatic hydroxyl groups is 1. The highest BCUT2D eigenvalue weighted by atomic mass is 35.5. The van der Waals surface area contributed by atoms with Crippen LogP contribution in [0, 0.1) is 17.5 Å². The third-order valence-electron chi connectivity index (χ3n) is 6.43. The summed E-state index contributed by atoms with van der Waals surface area (Å²) in [5.41, 5.74) is -0.554. The first-order chi connectivity index (χ1) is 16.9. The molecule has 4 aromatic rings. The minimum atomic E-state index is -1.19. The first-order valence-corrected chi connectivity index (χ1v) is 11.2. The fraction of sp³-hybridized carbons (Fsp3) is 0.250. The number of phenols is 1. The van der Waals surface area contributed by atoms with Crippen molar-refractivity contribution in [3.63, 3.8) is 0 Å². The largest absolute Gasteiger partial charge is 0.508 e. The molecule has 3 heterocycles. The van der Waals surface area contributed by atoms with E-state index in [1.54, 1.807) is 0 Å². The lowest BCUT2D eigenvalue weighted by Gasteiger charge is -2.35. The molecular weight excluding hydrogens is 485 g/mol.